The van der Waals surface area contributed by atoms with Crippen LogP contribution in [0.1, 0.15) is 33.6 Å². The summed E-state index contributed by atoms with van der Waals surface area (Å²) in [6.07, 6.45) is 9.29. The van der Waals surface area contributed by atoms with Gasteiger partial charge in [0.1, 0.15) is 0 Å². The summed E-state index contributed by atoms with van der Waals surface area (Å²) in [5.41, 5.74) is 1.38. The number of nitrogens with zero attached hydrogens (tertiary/aromatic N) is 1. The first-order chi connectivity index (χ1) is 5.74. The molecule has 0 aromatic heterocycles. The first kappa shape index (κ1) is 9.37. The van der Waals surface area contributed by atoms with E-state index >= 15 is 0 Å². The Balaban J connectivity index is 2.43. The van der Waals surface area contributed by atoms with Gasteiger partial charge in [0.05, 0.1) is 0 Å². The molecule has 12 heavy (non-hydrogen) atoms. The molecule has 1 atom stereocenters. The monoisotopic (exact) mass is 165 g/mol. The zero-order chi connectivity index (χ0) is 8.97. The summed E-state index contributed by atoms with van der Waals surface area (Å²) in [6.45, 7) is 7.84. The SMILES string of the molecule is CCCCN1C=CC(C)=CC1C. The van der Waals surface area contributed by atoms with Crippen LogP contribution < -0.4 is 0 Å². The van der Waals surface area contributed by atoms with Crippen molar-refractivity contribution in [2.75, 3.05) is 6.54 Å². The van der Waals surface area contributed by atoms with Crippen molar-refractivity contribution < 1.29 is 0 Å². The van der Waals surface area contributed by atoms with Gasteiger partial charge in [-0.2, -0.15) is 0 Å². The van der Waals surface area contributed by atoms with E-state index in [2.05, 4.69) is 44.0 Å². The molecule has 1 unspecified atom stereocenters. The third-order valence-electron chi connectivity index (χ3n) is 2.33. The zero-order valence-corrected chi connectivity index (χ0v) is 8.38. The lowest BCUT2D eigenvalue weighted by Crippen LogP contribution is -2.29. The number of allylic oxidation sites excluding steroid dienone is 2. The topological polar surface area (TPSA) is 3.24 Å². The van der Waals surface area contributed by atoms with E-state index < -0.39 is 0 Å². The first-order valence-corrected chi connectivity index (χ1v) is 4.86. The van der Waals surface area contributed by atoms with Crippen LogP contribution in [0.5, 0.6) is 0 Å². The van der Waals surface area contributed by atoms with Crippen LogP contribution in [0, 0.1) is 0 Å². The molecule has 0 radical (unpaired) electrons. The summed E-state index contributed by atoms with van der Waals surface area (Å²) in [5.74, 6) is 0. The average molecular weight is 165 g/mol. The minimum atomic E-state index is 0.585. The maximum Gasteiger partial charge on any atom is 0.0444 e. The predicted octanol–water partition coefficient (Wildman–Crippen LogP) is 2.95. The molecule has 1 nitrogen and oxygen atoms in total. The molecule has 0 saturated carbocycles. The molecule has 0 N–H and O–H groups in total. The standard InChI is InChI=1S/C11H19N/c1-4-5-7-12-8-6-10(2)9-11(12)3/h6,8-9,11H,4-5,7H2,1-3H3. The zero-order valence-electron chi connectivity index (χ0n) is 8.38. The van der Waals surface area contributed by atoms with Gasteiger partial charge >= 0.3 is 0 Å². The van der Waals surface area contributed by atoms with Crippen LogP contribution in [0.15, 0.2) is 23.9 Å². The molecule has 0 fully saturated rings. The van der Waals surface area contributed by atoms with Gasteiger partial charge in [0.2, 0.25) is 0 Å². The highest BCUT2D eigenvalue weighted by atomic mass is 15.1. The number of unbranched alkanes of at least 4 members (excludes halogenated alkanes) is 1. The fourth-order valence-electron chi connectivity index (χ4n) is 1.50. The Morgan fingerprint density at radius 1 is 1.50 bits per heavy atom. The fraction of sp³-hybridized carbons (Fsp3) is 0.636. The van der Waals surface area contributed by atoms with E-state index in [1.807, 2.05) is 0 Å². The highest BCUT2D eigenvalue weighted by Crippen LogP contribution is 2.13. The first-order valence-electron chi connectivity index (χ1n) is 4.86. The largest absolute Gasteiger partial charge is 0.371 e. The minimum Gasteiger partial charge on any atom is -0.371 e. The Bertz CT molecular complexity index is 191. The number of rotatable bonds is 3. The second-order valence-corrected chi connectivity index (χ2v) is 3.56. The van der Waals surface area contributed by atoms with Crippen LogP contribution in [0.3, 0.4) is 0 Å². The molecule has 0 amide bonds. The molecule has 1 aliphatic rings. The highest BCUT2D eigenvalue weighted by Gasteiger charge is 2.09. The van der Waals surface area contributed by atoms with E-state index in [0.29, 0.717) is 6.04 Å². The van der Waals surface area contributed by atoms with Gasteiger partial charge in [-0.3, -0.25) is 0 Å². The minimum absolute atomic E-state index is 0.585. The second kappa shape index (κ2) is 4.34. The Morgan fingerprint density at radius 2 is 2.25 bits per heavy atom. The van der Waals surface area contributed by atoms with Crippen molar-refractivity contribution in [3.63, 3.8) is 0 Å². The predicted molar refractivity (Wildman–Crippen MR) is 54.0 cm³/mol. The van der Waals surface area contributed by atoms with Gasteiger partial charge in [0.15, 0.2) is 0 Å². The Kier molecular flexibility index (Phi) is 3.39. The summed E-state index contributed by atoms with van der Waals surface area (Å²) in [6, 6.07) is 0.585. The van der Waals surface area contributed by atoms with Gasteiger partial charge < -0.3 is 4.90 Å². The normalized spacial score (nSPS) is 22.8. The molecular weight excluding hydrogens is 146 g/mol. The molecule has 0 aliphatic carbocycles. The fourth-order valence-corrected chi connectivity index (χ4v) is 1.50. The molecule has 68 valence electrons. The van der Waals surface area contributed by atoms with Crippen LogP contribution >= 0.6 is 0 Å². The van der Waals surface area contributed by atoms with Gasteiger partial charge in [0.25, 0.3) is 0 Å². The quantitative estimate of drug-likeness (QED) is 0.621. The molecule has 1 heterocycles. The van der Waals surface area contributed by atoms with Crippen LogP contribution in [-0.2, 0) is 0 Å². The van der Waals surface area contributed by atoms with Gasteiger partial charge in [-0.1, -0.05) is 25.0 Å². The van der Waals surface area contributed by atoms with E-state index in [4.69, 9.17) is 0 Å². The van der Waals surface area contributed by atoms with Crippen molar-refractivity contribution in [3.05, 3.63) is 23.9 Å². The summed E-state index contributed by atoms with van der Waals surface area (Å²) in [5, 5.41) is 0. The molecule has 0 bridgehead atoms. The lowest BCUT2D eigenvalue weighted by atomic mass is 10.1. The van der Waals surface area contributed by atoms with E-state index in [0.717, 1.165) is 0 Å². The van der Waals surface area contributed by atoms with Gasteiger partial charge in [-0.15, -0.1) is 0 Å². The molecule has 0 aromatic rings. The van der Waals surface area contributed by atoms with Crippen LogP contribution in [0.4, 0.5) is 0 Å². The smallest absolute Gasteiger partial charge is 0.0444 e. The maximum atomic E-state index is 2.40. The summed E-state index contributed by atoms with van der Waals surface area (Å²) >= 11 is 0. The Labute approximate surface area is 75.8 Å². The highest BCUT2D eigenvalue weighted by molar-refractivity contribution is 5.22. The molecule has 0 spiro atoms. The second-order valence-electron chi connectivity index (χ2n) is 3.56. The molecule has 1 heteroatoms. The van der Waals surface area contributed by atoms with E-state index in [1.54, 1.807) is 0 Å². The molecule has 0 aromatic carbocycles. The van der Waals surface area contributed by atoms with Crippen LogP contribution in [0.25, 0.3) is 0 Å². The third kappa shape index (κ3) is 2.40. The van der Waals surface area contributed by atoms with E-state index in [1.165, 1.54) is 25.0 Å². The van der Waals surface area contributed by atoms with Gasteiger partial charge in [-0.05, 0) is 32.5 Å². The Hall–Kier alpha value is -0.720. The molecule has 1 rings (SSSR count). The van der Waals surface area contributed by atoms with Crippen molar-refractivity contribution in [1.82, 2.24) is 4.90 Å². The number of hydrogen-bond donors (Lipinski definition) is 0. The van der Waals surface area contributed by atoms with Crippen LogP contribution in [-0.4, -0.2) is 17.5 Å². The lowest BCUT2D eigenvalue weighted by Gasteiger charge is -2.28. The van der Waals surface area contributed by atoms with Gasteiger partial charge in [-0.25, -0.2) is 0 Å². The molecule has 0 saturated heterocycles. The maximum absolute atomic E-state index is 2.40. The van der Waals surface area contributed by atoms with E-state index in [9.17, 15) is 0 Å². The van der Waals surface area contributed by atoms with Crippen molar-refractivity contribution in [3.8, 4) is 0 Å². The van der Waals surface area contributed by atoms with Crippen LogP contribution in [0.2, 0.25) is 0 Å². The molecule has 1 aliphatic heterocycles. The average Bonchev–Trinajstić information content (AvgIpc) is 2.03. The summed E-state index contributed by atoms with van der Waals surface area (Å²) in [4.78, 5) is 2.40. The Morgan fingerprint density at radius 3 is 2.83 bits per heavy atom. The van der Waals surface area contributed by atoms with Gasteiger partial charge in [0, 0.05) is 12.6 Å². The van der Waals surface area contributed by atoms with Crippen molar-refractivity contribution >= 4 is 0 Å². The number of hydrogen-bond acceptors (Lipinski definition) is 1. The van der Waals surface area contributed by atoms with E-state index in [-0.39, 0.29) is 0 Å². The van der Waals surface area contributed by atoms with Crippen molar-refractivity contribution in [1.29, 1.82) is 0 Å². The summed E-state index contributed by atoms with van der Waals surface area (Å²) < 4.78 is 0. The van der Waals surface area contributed by atoms with Crippen molar-refractivity contribution in [2.24, 2.45) is 0 Å². The third-order valence-corrected chi connectivity index (χ3v) is 2.33. The lowest BCUT2D eigenvalue weighted by molar-refractivity contribution is 0.325. The molecular formula is C11H19N. The van der Waals surface area contributed by atoms with Crippen molar-refractivity contribution in [2.45, 2.75) is 39.7 Å². The summed E-state index contributed by atoms with van der Waals surface area (Å²) in [7, 11) is 0.